The zero-order valence-electron chi connectivity index (χ0n) is 8.63. The van der Waals surface area contributed by atoms with E-state index in [1.54, 1.807) is 13.8 Å². The first-order valence-corrected chi connectivity index (χ1v) is 3.33. The molecule has 0 fully saturated rings. The molecular formula is C7H13N3O. The van der Waals surface area contributed by atoms with Gasteiger partial charge in [-0.3, -0.25) is 4.68 Å². The van der Waals surface area contributed by atoms with Crippen molar-refractivity contribution in [3.8, 4) is 0 Å². The van der Waals surface area contributed by atoms with Crippen LogP contribution in [0.3, 0.4) is 0 Å². The van der Waals surface area contributed by atoms with Crippen LogP contribution in [0.15, 0.2) is 12.3 Å². The van der Waals surface area contributed by atoms with Crippen molar-refractivity contribution in [2.75, 3.05) is 12.3 Å². The number of nitrogen functional groups attached to an aromatic ring is 1. The van der Waals surface area contributed by atoms with Crippen LogP contribution in [-0.2, 0) is 5.54 Å². The summed E-state index contributed by atoms with van der Waals surface area (Å²) in [5, 5.41) is 12.8. The second kappa shape index (κ2) is 2.54. The van der Waals surface area contributed by atoms with E-state index in [1.807, 2.05) is 0 Å². The monoisotopic (exact) mass is 157 g/mol. The van der Waals surface area contributed by atoms with Gasteiger partial charge >= 0.3 is 0 Å². The van der Waals surface area contributed by atoms with E-state index in [4.69, 9.17) is 13.6 Å². The molecular weight excluding hydrogens is 142 g/mol. The third kappa shape index (κ3) is 1.51. The van der Waals surface area contributed by atoms with Crippen LogP contribution in [0, 0.1) is 0 Å². The second-order valence-electron chi connectivity index (χ2n) is 3.02. The smallest absolute Gasteiger partial charge is 0.0882 e. The van der Waals surface area contributed by atoms with Gasteiger partial charge in [-0.15, -0.1) is 0 Å². The van der Waals surface area contributed by atoms with Gasteiger partial charge in [0.2, 0.25) is 0 Å². The molecule has 11 heavy (non-hydrogen) atoms. The molecule has 0 radical (unpaired) electrons. The zero-order valence-corrected chi connectivity index (χ0v) is 6.63. The molecule has 1 rings (SSSR count). The molecule has 0 saturated carbocycles. The molecule has 0 unspecified atom stereocenters. The van der Waals surface area contributed by atoms with Crippen molar-refractivity contribution in [2.45, 2.75) is 19.4 Å². The molecule has 0 aliphatic rings. The van der Waals surface area contributed by atoms with E-state index in [1.165, 1.54) is 4.68 Å². The van der Waals surface area contributed by atoms with Crippen LogP contribution in [-0.4, -0.2) is 21.5 Å². The molecule has 0 aromatic carbocycles. The summed E-state index contributed by atoms with van der Waals surface area (Å²) >= 11 is 0. The lowest BCUT2D eigenvalue weighted by Crippen LogP contribution is -2.30. The fourth-order valence-electron chi connectivity index (χ4n) is 0.622. The summed E-state index contributed by atoms with van der Waals surface area (Å²) in [5.74, 6) is 0. The van der Waals surface area contributed by atoms with Gasteiger partial charge in [-0.25, -0.2) is 0 Å². The van der Waals surface area contributed by atoms with Crippen molar-refractivity contribution >= 4 is 5.69 Å². The molecule has 3 N–H and O–H groups in total. The number of anilines is 1. The highest BCUT2D eigenvalue weighted by Gasteiger charge is 2.18. The fraction of sp³-hybridized carbons (Fsp3) is 0.571. The Kier molecular flexibility index (Phi) is 1.29. The Hall–Kier alpha value is -1.03. The maximum Gasteiger partial charge on any atom is 0.0882 e. The Morgan fingerprint density at radius 2 is 2.55 bits per heavy atom. The summed E-state index contributed by atoms with van der Waals surface area (Å²) in [6.07, 6.45) is -0.143. The van der Waals surface area contributed by atoms with E-state index < -0.39 is 5.54 Å². The second-order valence-corrected chi connectivity index (χ2v) is 3.02. The maximum absolute atomic E-state index is 9.03. The molecule has 0 saturated heterocycles. The molecule has 0 aliphatic carbocycles. The summed E-state index contributed by atoms with van der Waals surface area (Å²) in [6.45, 7) is 3.28. The first-order chi connectivity index (χ1) is 5.90. The van der Waals surface area contributed by atoms with Crippen molar-refractivity contribution in [3.63, 3.8) is 0 Å². The summed E-state index contributed by atoms with van der Waals surface area (Å²) in [7, 11) is 0. The minimum absolute atomic E-state index is 0.0240. The molecule has 4 heteroatoms. The Bertz CT molecular complexity index is 322. The SMILES string of the molecule is [2H]c1nn(C(C)(C)CO)c([2H])c1N. The molecule has 1 aromatic heterocycles. The first kappa shape index (κ1) is 5.60. The number of aliphatic hydroxyl groups excluding tert-OH is 1. The van der Waals surface area contributed by atoms with E-state index >= 15 is 0 Å². The van der Waals surface area contributed by atoms with Crippen molar-refractivity contribution in [1.82, 2.24) is 9.78 Å². The van der Waals surface area contributed by atoms with Gasteiger partial charge < -0.3 is 10.8 Å². The van der Waals surface area contributed by atoms with E-state index in [-0.39, 0.29) is 24.6 Å². The minimum Gasteiger partial charge on any atom is -0.396 e. The van der Waals surface area contributed by atoms with Gasteiger partial charge in [0.1, 0.15) is 0 Å². The number of nitrogens with two attached hydrogens (primary N) is 1. The summed E-state index contributed by atoms with van der Waals surface area (Å²) in [5.41, 5.74) is 4.77. The predicted molar refractivity (Wildman–Crippen MR) is 43.0 cm³/mol. The van der Waals surface area contributed by atoms with Crippen molar-refractivity contribution in [3.05, 3.63) is 12.3 Å². The van der Waals surface area contributed by atoms with Crippen LogP contribution in [0.1, 0.15) is 16.6 Å². The highest BCUT2D eigenvalue weighted by Crippen LogP contribution is 2.13. The van der Waals surface area contributed by atoms with Gasteiger partial charge in [-0.05, 0) is 13.8 Å². The number of hydrogen-bond donors (Lipinski definition) is 2. The maximum atomic E-state index is 9.03. The molecule has 0 spiro atoms. The highest BCUT2D eigenvalue weighted by molar-refractivity contribution is 5.30. The van der Waals surface area contributed by atoms with Crippen molar-refractivity contribution in [2.24, 2.45) is 0 Å². The van der Waals surface area contributed by atoms with Gasteiger partial charge in [0.05, 0.1) is 26.7 Å². The third-order valence-corrected chi connectivity index (χ3v) is 1.46. The van der Waals surface area contributed by atoms with E-state index in [0.717, 1.165) is 0 Å². The number of aromatic nitrogens is 2. The number of aliphatic hydroxyl groups is 1. The van der Waals surface area contributed by atoms with Gasteiger partial charge in [0.15, 0.2) is 0 Å². The van der Waals surface area contributed by atoms with E-state index in [9.17, 15) is 0 Å². The number of rotatable bonds is 2. The Labute approximate surface area is 68.4 Å². The lowest BCUT2D eigenvalue weighted by atomic mass is 10.1. The topological polar surface area (TPSA) is 64.1 Å². The Morgan fingerprint density at radius 1 is 1.91 bits per heavy atom. The lowest BCUT2D eigenvalue weighted by Gasteiger charge is -2.21. The van der Waals surface area contributed by atoms with Crippen molar-refractivity contribution in [1.29, 1.82) is 0 Å². The van der Waals surface area contributed by atoms with Crippen molar-refractivity contribution < 1.29 is 7.85 Å². The summed E-state index contributed by atoms with van der Waals surface area (Å²) < 4.78 is 16.1. The van der Waals surface area contributed by atoms with Crippen LogP contribution >= 0.6 is 0 Å². The molecule has 0 bridgehead atoms. The fourth-order valence-corrected chi connectivity index (χ4v) is 0.622. The molecule has 0 atom stereocenters. The third-order valence-electron chi connectivity index (χ3n) is 1.46. The average Bonchev–Trinajstić information content (AvgIpc) is 2.33. The minimum atomic E-state index is -0.690. The van der Waals surface area contributed by atoms with Gasteiger partial charge in [0, 0.05) is 6.17 Å². The Balaban J connectivity index is 3.23. The quantitative estimate of drug-likeness (QED) is 0.644. The van der Waals surface area contributed by atoms with E-state index in [0.29, 0.717) is 0 Å². The van der Waals surface area contributed by atoms with Gasteiger partial charge in [-0.2, -0.15) is 5.10 Å². The molecule has 4 nitrogen and oxygen atoms in total. The van der Waals surface area contributed by atoms with Crippen LogP contribution in [0.4, 0.5) is 5.69 Å². The van der Waals surface area contributed by atoms with Crippen LogP contribution < -0.4 is 5.73 Å². The molecule has 62 valence electrons. The summed E-state index contributed by atoms with van der Waals surface area (Å²) in [4.78, 5) is 0. The van der Waals surface area contributed by atoms with Crippen LogP contribution in [0.2, 0.25) is 0 Å². The van der Waals surface area contributed by atoms with Gasteiger partial charge in [0.25, 0.3) is 0 Å². The highest BCUT2D eigenvalue weighted by atomic mass is 16.3. The largest absolute Gasteiger partial charge is 0.396 e. The van der Waals surface area contributed by atoms with Crippen LogP contribution in [0.5, 0.6) is 0 Å². The molecule has 1 aromatic rings. The standard InChI is InChI=1S/C7H13N3O/c1-7(2,5-11)10-4-6(8)3-9-10/h3-4,11H,5,8H2,1-2H3/i3D,4D. The van der Waals surface area contributed by atoms with E-state index in [2.05, 4.69) is 5.10 Å². The normalized spacial score (nSPS) is 14.5. The molecule has 1 heterocycles. The predicted octanol–water partition coefficient (Wildman–Crippen LogP) is 0.193. The number of nitrogens with zero attached hydrogens (tertiary/aromatic N) is 2. The lowest BCUT2D eigenvalue weighted by molar-refractivity contribution is 0.152. The first-order valence-electron chi connectivity index (χ1n) is 4.33. The average molecular weight is 157 g/mol. The Morgan fingerprint density at radius 3 is 2.91 bits per heavy atom. The summed E-state index contributed by atoms with van der Waals surface area (Å²) in [6, 6.07) is 0. The zero-order chi connectivity index (χ0) is 10.2. The van der Waals surface area contributed by atoms with Crippen LogP contribution in [0.25, 0.3) is 0 Å². The molecule has 0 amide bonds. The number of hydrogen-bond acceptors (Lipinski definition) is 3. The molecule has 0 aliphatic heterocycles. The van der Waals surface area contributed by atoms with Gasteiger partial charge in [-0.1, -0.05) is 0 Å².